The van der Waals surface area contributed by atoms with Gasteiger partial charge in [-0.1, -0.05) is 36.4 Å². The average Bonchev–Trinajstić information content (AvgIpc) is 2.32. The molecule has 0 aliphatic carbocycles. The number of aryl methyl sites for hydroxylation is 1. The summed E-state index contributed by atoms with van der Waals surface area (Å²) in [5, 5.41) is 0. The van der Waals surface area contributed by atoms with Crippen LogP contribution in [0.4, 0.5) is 0 Å². The standard InChI is InChI=1S/C7H9P.C6H7N.BrH/c8-6-7-4-2-1-3-5-7;1-6-4-2-3-5-7-6;/h1-5H,6,8H2;2-5H,1H3;1H. The van der Waals surface area contributed by atoms with Crippen LogP contribution in [0, 0.1) is 6.92 Å². The predicted octanol–water partition coefficient (Wildman–Crippen LogP) is 4.03. The van der Waals surface area contributed by atoms with Crippen molar-refractivity contribution in [3.8, 4) is 0 Å². The largest absolute Gasteiger partial charge is 0.262 e. The van der Waals surface area contributed by atoms with Crippen LogP contribution in [0.5, 0.6) is 0 Å². The summed E-state index contributed by atoms with van der Waals surface area (Å²) >= 11 is 0. The second-order valence-electron chi connectivity index (χ2n) is 3.16. The van der Waals surface area contributed by atoms with E-state index in [9.17, 15) is 0 Å². The summed E-state index contributed by atoms with van der Waals surface area (Å²) in [5.74, 6) is 0. The summed E-state index contributed by atoms with van der Waals surface area (Å²) in [7, 11) is 2.69. The number of hydrogen-bond donors (Lipinski definition) is 0. The van der Waals surface area contributed by atoms with Gasteiger partial charge in [0.15, 0.2) is 0 Å². The lowest BCUT2D eigenvalue weighted by Gasteiger charge is -1.89. The lowest BCUT2D eigenvalue weighted by molar-refractivity contribution is 1.20. The zero-order valence-electron chi connectivity index (χ0n) is 9.34. The topological polar surface area (TPSA) is 12.9 Å². The SMILES string of the molecule is Br.Cc1ccccn1.PCc1ccccc1. The smallest absolute Gasteiger partial charge is 0.0372 e. The molecule has 0 aliphatic heterocycles. The van der Waals surface area contributed by atoms with Crippen LogP contribution in [0.1, 0.15) is 11.3 Å². The van der Waals surface area contributed by atoms with Gasteiger partial charge in [0, 0.05) is 11.9 Å². The van der Waals surface area contributed by atoms with Crippen molar-refractivity contribution in [1.29, 1.82) is 0 Å². The zero-order chi connectivity index (χ0) is 10.9. The number of benzene rings is 1. The molecule has 1 heterocycles. The van der Waals surface area contributed by atoms with Gasteiger partial charge in [-0.15, -0.1) is 26.2 Å². The molecule has 0 saturated carbocycles. The van der Waals surface area contributed by atoms with Crippen molar-refractivity contribution in [3.05, 3.63) is 66.0 Å². The molecular weight excluding hydrogens is 281 g/mol. The van der Waals surface area contributed by atoms with Crippen LogP contribution in [0.2, 0.25) is 0 Å². The summed E-state index contributed by atoms with van der Waals surface area (Å²) in [6.07, 6.45) is 2.84. The Hall–Kier alpha value is -0.720. The maximum Gasteiger partial charge on any atom is 0.0372 e. The van der Waals surface area contributed by atoms with Gasteiger partial charge >= 0.3 is 0 Å². The first kappa shape index (κ1) is 15.3. The molecule has 0 aliphatic rings. The van der Waals surface area contributed by atoms with Crippen molar-refractivity contribution in [2.24, 2.45) is 0 Å². The predicted molar refractivity (Wildman–Crippen MR) is 79.2 cm³/mol. The van der Waals surface area contributed by atoms with E-state index >= 15 is 0 Å². The van der Waals surface area contributed by atoms with Crippen molar-refractivity contribution >= 4 is 26.2 Å². The van der Waals surface area contributed by atoms with Gasteiger partial charge in [-0.3, -0.25) is 4.98 Å². The van der Waals surface area contributed by atoms with Crippen molar-refractivity contribution in [3.63, 3.8) is 0 Å². The van der Waals surface area contributed by atoms with Crippen LogP contribution >= 0.6 is 26.2 Å². The van der Waals surface area contributed by atoms with E-state index in [1.54, 1.807) is 6.20 Å². The third-order valence-electron chi connectivity index (χ3n) is 1.89. The summed E-state index contributed by atoms with van der Waals surface area (Å²) in [4.78, 5) is 3.98. The molecule has 16 heavy (non-hydrogen) atoms. The van der Waals surface area contributed by atoms with Crippen molar-refractivity contribution in [2.75, 3.05) is 0 Å². The quantitative estimate of drug-likeness (QED) is 0.724. The molecule has 2 aromatic rings. The minimum absolute atomic E-state index is 0. The molecule has 1 nitrogen and oxygen atoms in total. The Morgan fingerprint density at radius 3 is 1.94 bits per heavy atom. The molecule has 0 bridgehead atoms. The Balaban J connectivity index is 0.000000267. The average molecular weight is 298 g/mol. The number of pyridine rings is 1. The number of rotatable bonds is 1. The Morgan fingerprint density at radius 2 is 1.62 bits per heavy atom. The minimum Gasteiger partial charge on any atom is -0.262 e. The molecule has 3 heteroatoms. The van der Waals surface area contributed by atoms with Crippen molar-refractivity contribution in [2.45, 2.75) is 13.1 Å². The van der Waals surface area contributed by atoms with Gasteiger partial charge in [0.1, 0.15) is 0 Å². The second-order valence-corrected chi connectivity index (χ2v) is 3.57. The molecule has 0 saturated heterocycles. The molecular formula is C13H17BrNP. The molecule has 2 rings (SSSR count). The van der Waals surface area contributed by atoms with E-state index in [0.717, 1.165) is 11.9 Å². The summed E-state index contributed by atoms with van der Waals surface area (Å²) in [6, 6.07) is 16.2. The molecule has 1 unspecified atom stereocenters. The first-order valence-electron chi connectivity index (χ1n) is 4.94. The molecule has 0 radical (unpaired) electrons. The lowest BCUT2D eigenvalue weighted by Crippen LogP contribution is -1.72. The number of hydrogen-bond acceptors (Lipinski definition) is 1. The highest BCUT2D eigenvalue weighted by Gasteiger charge is 1.80. The van der Waals surface area contributed by atoms with Gasteiger partial charge in [0.05, 0.1) is 0 Å². The van der Waals surface area contributed by atoms with Gasteiger partial charge in [0.2, 0.25) is 0 Å². The third kappa shape index (κ3) is 6.71. The molecule has 86 valence electrons. The van der Waals surface area contributed by atoms with Crippen LogP contribution in [0.3, 0.4) is 0 Å². The van der Waals surface area contributed by atoms with E-state index in [-0.39, 0.29) is 17.0 Å². The fourth-order valence-electron chi connectivity index (χ4n) is 1.06. The molecule has 0 N–H and O–H groups in total. The Morgan fingerprint density at radius 1 is 1.00 bits per heavy atom. The van der Waals surface area contributed by atoms with Crippen LogP contribution < -0.4 is 0 Å². The third-order valence-corrected chi connectivity index (χ3v) is 2.36. The summed E-state index contributed by atoms with van der Waals surface area (Å²) in [5.41, 5.74) is 2.44. The van der Waals surface area contributed by atoms with Gasteiger partial charge in [-0.2, -0.15) is 0 Å². The Kier molecular flexibility index (Phi) is 9.07. The molecule has 0 fully saturated rings. The van der Waals surface area contributed by atoms with Crippen LogP contribution in [0.25, 0.3) is 0 Å². The number of aromatic nitrogens is 1. The maximum atomic E-state index is 3.98. The first-order chi connectivity index (χ1) is 7.33. The van der Waals surface area contributed by atoms with Gasteiger partial charge in [-0.05, 0) is 30.8 Å². The highest BCUT2D eigenvalue weighted by atomic mass is 79.9. The minimum atomic E-state index is 0. The van der Waals surface area contributed by atoms with E-state index in [2.05, 4.69) is 38.5 Å². The fourth-order valence-corrected chi connectivity index (χ4v) is 1.33. The van der Waals surface area contributed by atoms with Gasteiger partial charge in [-0.25, -0.2) is 0 Å². The van der Waals surface area contributed by atoms with Crippen LogP contribution in [-0.2, 0) is 6.16 Å². The Labute approximate surface area is 110 Å². The molecule has 0 spiro atoms. The monoisotopic (exact) mass is 297 g/mol. The molecule has 0 amide bonds. The molecule has 1 aromatic heterocycles. The highest BCUT2D eigenvalue weighted by Crippen LogP contribution is 2.02. The fraction of sp³-hybridized carbons (Fsp3) is 0.154. The van der Waals surface area contributed by atoms with Crippen LogP contribution in [-0.4, -0.2) is 4.98 Å². The van der Waals surface area contributed by atoms with Crippen LogP contribution in [0.15, 0.2) is 54.7 Å². The number of halogens is 1. The van der Waals surface area contributed by atoms with Crippen molar-refractivity contribution < 1.29 is 0 Å². The van der Waals surface area contributed by atoms with E-state index in [4.69, 9.17) is 0 Å². The maximum absolute atomic E-state index is 3.98. The summed E-state index contributed by atoms with van der Waals surface area (Å²) in [6.45, 7) is 1.97. The number of nitrogens with zero attached hydrogens (tertiary/aromatic N) is 1. The van der Waals surface area contributed by atoms with E-state index < -0.39 is 0 Å². The second kappa shape index (κ2) is 9.50. The first-order valence-corrected chi connectivity index (χ1v) is 5.76. The van der Waals surface area contributed by atoms with Gasteiger partial charge < -0.3 is 0 Å². The Bertz CT molecular complexity index is 364. The van der Waals surface area contributed by atoms with Gasteiger partial charge in [0.25, 0.3) is 0 Å². The highest BCUT2D eigenvalue weighted by molar-refractivity contribution is 8.93. The summed E-state index contributed by atoms with van der Waals surface area (Å²) < 4.78 is 0. The van der Waals surface area contributed by atoms with E-state index in [1.165, 1.54) is 5.56 Å². The van der Waals surface area contributed by atoms with Crippen molar-refractivity contribution in [1.82, 2.24) is 4.98 Å². The normalized spacial score (nSPS) is 8.38. The lowest BCUT2D eigenvalue weighted by atomic mass is 10.2. The zero-order valence-corrected chi connectivity index (χ0v) is 12.2. The van der Waals surface area contributed by atoms with E-state index in [0.29, 0.717) is 0 Å². The van der Waals surface area contributed by atoms with E-state index in [1.807, 2.05) is 31.2 Å². The molecule has 1 aromatic carbocycles. The molecule has 1 atom stereocenters.